The first-order valence-corrected chi connectivity index (χ1v) is 8.41. The monoisotopic (exact) mass is 408 g/mol. The van der Waals surface area contributed by atoms with Crippen molar-refractivity contribution in [2.75, 3.05) is 16.8 Å². The number of anilines is 2. The number of benzene rings is 2. The Hall–Kier alpha value is -3.56. The largest absolute Gasteiger partial charge is 0.573 e. The molecule has 0 aromatic heterocycles. The Morgan fingerprint density at radius 2 is 1.76 bits per heavy atom. The number of nitrogens with one attached hydrogen (secondary N) is 1. The number of nitrogens with zero attached hydrogens (tertiary/aromatic N) is 1. The molecule has 29 heavy (non-hydrogen) atoms. The molecule has 0 bridgehead atoms. The van der Waals surface area contributed by atoms with Gasteiger partial charge in [-0.05, 0) is 43.3 Å². The number of para-hydroxylation sites is 2. The number of rotatable bonds is 4. The summed E-state index contributed by atoms with van der Waals surface area (Å²) in [7, 11) is 0. The fourth-order valence-electron chi connectivity index (χ4n) is 2.72. The second-order valence-electron chi connectivity index (χ2n) is 6.11. The number of halogens is 3. The lowest BCUT2D eigenvalue weighted by Crippen LogP contribution is -2.47. The standard InChI is InChI=1S/C19H15F3N2O5/c1-11(17(26)24-10-16(25)23-14-4-2-3-5-15(14)24)28-18(27)12-6-8-13(9-7-12)29-19(20,21)22/h2-9,11H,10H2,1H3,(H,23,25)/t11-/m1/s1. The van der Waals surface area contributed by atoms with E-state index in [9.17, 15) is 27.6 Å². The fourth-order valence-corrected chi connectivity index (χ4v) is 2.72. The lowest BCUT2D eigenvalue weighted by Gasteiger charge is -2.30. The molecule has 0 aliphatic carbocycles. The Morgan fingerprint density at radius 3 is 2.41 bits per heavy atom. The van der Waals surface area contributed by atoms with E-state index in [1.807, 2.05) is 0 Å². The van der Waals surface area contributed by atoms with Crippen LogP contribution in [-0.4, -0.2) is 36.8 Å². The molecule has 2 aromatic carbocycles. The van der Waals surface area contributed by atoms with Gasteiger partial charge in [-0.3, -0.25) is 14.5 Å². The molecule has 3 rings (SSSR count). The molecule has 0 saturated heterocycles. The third-order valence-electron chi connectivity index (χ3n) is 3.99. The first kappa shape index (κ1) is 20.2. The minimum atomic E-state index is -4.85. The Bertz CT molecular complexity index is 944. The summed E-state index contributed by atoms with van der Waals surface area (Å²) in [5, 5.41) is 2.64. The third-order valence-corrected chi connectivity index (χ3v) is 3.99. The number of amides is 2. The predicted octanol–water partition coefficient (Wildman–Crippen LogP) is 3.12. The minimum Gasteiger partial charge on any atom is -0.449 e. The van der Waals surface area contributed by atoms with Gasteiger partial charge in [0.25, 0.3) is 5.91 Å². The average Bonchev–Trinajstić information content (AvgIpc) is 2.65. The van der Waals surface area contributed by atoms with Gasteiger partial charge in [-0.1, -0.05) is 12.1 Å². The molecule has 2 amide bonds. The van der Waals surface area contributed by atoms with Crippen molar-refractivity contribution in [2.24, 2.45) is 0 Å². The van der Waals surface area contributed by atoms with Crippen LogP contribution in [0.3, 0.4) is 0 Å². The summed E-state index contributed by atoms with van der Waals surface area (Å²) in [5.41, 5.74) is 0.862. The lowest BCUT2D eigenvalue weighted by atomic mass is 10.1. The number of ether oxygens (including phenoxy) is 2. The Kier molecular flexibility index (Phi) is 5.44. The number of carbonyl (C=O) groups excluding carboxylic acids is 3. The number of fused-ring (bicyclic) bond motifs is 1. The van der Waals surface area contributed by atoms with E-state index < -0.39 is 36.0 Å². The van der Waals surface area contributed by atoms with Crippen molar-refractivity contribution in [3.05, 3.63) is 54.1 Å². The average molecular weight is 408 g/mol. The van der Waals surface area contributed by atoms with Crippen molar-refractivity contribution in [3.8, 4) is 5.75 Å². The minimum absolute atomic E-state index is 0.0593. The molecule has 152 valence electrons. The number of hydrogen-bond acceptors (Lipinski definition) is 5. The summed E-state index contributed by atoms with van der Waals surface area (Å²) in [6.07, 6.45) is -6.08. The third kappa shape index (κ3) is 4.84. The number of alkyl halides is 3. The van der Waals surface area contributed by atoms with Crippen molar-refractivity contribution >= 4 is 29.2 Å². The van der Waals surface area contributed by atoms with Gasteiger partial charge < -0.3 is 14.8 Å². The number of esters is 1. The highest BCUT2D eigenvalue weighted by atomic mass is 19.4. The molecule has 7 nitrogen and oxygen atoms in total. The summed E-state index contributed by atoms with van der Waals surface area (Å²) < 4.78 is 45.4. The molecule has 1 aliphatic rings. The zero-order valence-corrected chi connectivity index (χ0v) is 15.0. The quantitative estimate of drug-likeness (QED) is 0.786. The van der Waals surface area contributed by atoms with Crippen LogP contribution in [0.4, 0.5) is 24.5 Å². The maximum atomic E-state index is 12.7. The second kappa shape index (κ2) is 7.82. The highest BCUT2D eigenvalue weighted by Crippen LogP contribution is 2.29. The van der Waals surface area contributed by atoms with E-state index in [-0.39, 0.29) is 12.1 Å². The Balaban J connectivity index is 1.68. The van der Waals surface area contributed by atoms with Crippen LogP contribution in [0.25, 0.3) is 0 Å². The summed E-state index contributed by atoms with van der Waals surface area (Å²) in [5.74, 6) is -2.40. The van der Waals surface area contributed by atoms with Crippen LogP contribution in [0.1, 0.15) is 17.3 Å². The van der Waals surface area contributed by atoms with Gasteiger partial charge in [0.2, 0.25) is 5.91 Å². The molecule has 1 N–H and O–H groups in total. The van der Waals surface area contributed by atoms with E-state index in [1.54, 1.807) is 24.3 Å². The highest BCUT2D eigenvalue weighted by molar-refractivity contribution is 6.11. The van der Waals surface area contributed by atoms with Gasteiger partial charge in [-0.25, -0.2) is 4.79 Å². The van der Waals surface area contributed by atoms with Gasteiger partial charge in [0.15, 0.2) is 6.10 Å². The van der Waals surface area contributed by atoms with Crippen LogP contribution in [0.2, 0.25) is 0 Å². The van der Waals surface area contributed by atoms with Gasteiger partial charge in [0, 0.05) is 0 Å². The Morgan fingerprint density at radius 1 is 1.10 bits per heavy atom. The van der Waals surface area contributed by atoms with E-state index >= 15 is 0 Å². The van der Waals surface area contributed by atoms with Gasteiger partial charge in [-0.2, -0.15) is 0 Å². The molecular formula is C19H15F3N2O5. The molecule has 0 fully saturated rings. The van der Waals surface area contributed by atoms with Crippen molar-refractivity contribution in [3.63, 3.8) is 0 Å². The van der Waals surface area contributed by atoms with Crippen LogP contribution in [0.5, 0.6) is 5.75 Å². The van der Waals surface area contributed by atoms with Crippen LogP contribution in [-0.2, 0) is 14.3 Å². The van der Waals surface area contributed by atoms with Gasteiger partial charge in [0.05, 0.1) is 16.9 Å². The molecule has 0 saturated carbocycles. The van der Waals surface area contributed by atoms with Crippen LogP contribution < -0.4 is 15.0 Å². The van der Waals surface area contributed by atoms with Crippen LogP contribution in [0, 0.1) is 0 Å². The zero-order valence-electron chi connectivity index (χ0n) is 15.0. The summed E-state index contributed by atoms with van der Waals surface area (Å²) in [4.78, 5) is 38.0. The molecule has 10 heteroatoms. The summed E-state index contributed by atoms with van der Waals surface area (Å²) >= 11 is 0. The molecule has 1 heterocycles. The SMILES string of the molecule is C[C@@H](OC(=O)c1ccc(OC(F)(F)F)cc1)C(=O)N1CC(=O)Nc2ccccc21. The number of hydrogen-bond donors (Lipinski definition) is 1. The molecule has 0 unspecified atom stereocenters. The van der Waals surface area contributed by atoms with E-state index in [0.29, 0.717) is 11.4 Å². The number of carbonyl (C=O) groups is 3. The maximum absolute atomic E-state index is 12.7. The summed E-state index contributed by atoms with van der Waals surface area (Å²) in [6.45, 7) is 1.11. The Labute approximate surface area is 163 Å². The zero-order chi connectivity index (χ0) is 21.2. The van der Waals surface area contributed by atoms with Crippen molar-refractivity contribution in [2.45, 2.75) is 19.4 Å². The van der Waals surface area contributed by atoms with Gasteiger partial charge >= 0.3 is 12.3 Å². The second-order valence-corrected chi connectivity index (χ2v) is 6.11. The normalized spacial score (nSPS) is 14.5. The molecule has 0 radical (unpaired) electrons. The molecule has 1 aliphatic heterocycles. The van der Waals surface area contributed by atoms with Crippen molar-refractivity contribution in [1.82, 2.24) is 0 Å². The van der Waals surface area contributed by atoms with E-state index in [4.69, 9.17) is 4.74 Å². The van der Waals surface area contributed by atoms with Crippen LogP contribution in [0.15, 0.2) is 48.5 Å². The summed E-state index contributed by atoms with van der Waals surface area (Å²) in [6, 6.07) is 10.8. The van der Waals surface area contributed by atoms with Gasteiger partial charge in [-0.15, -0.1) is 13.2 Å². The van der Waals surface area contributed by atoms with E-state index in [1.165, 1.54) is 11.8 Å². The molecular weight excluding hydrogens is 393 g/mol. The molecule has 0 spiro atoms. The topological polar surface area (TPSA) is 84.9 Å². The smallest absolute Gasteiger partial charge is 0.449 e. The van der Waals surface area contributed by atoms with Gasteiger partial charge in [0.1, 0.15) is 12.3 Å². The van der Waals surface area contributed by atoms with E-state index in [0.717, 1.165) is 24.3 Å². The van der Waals surface area contributed by atoms with Crippen molar-refractivity contribution < 1.29 is 37.0 Å². The first-order chi connectivity index (χ1) is 13.6. The predicted molar refractivity (Wildman–Crippen MR) is 95.4 cm³/mol. The molecule has 1 atom stereocenters. The fraction of sp³-hybridized carbons (Fsp3) is 0.211. The van der Waals surface area contributed by atoms with E-state index in [2.05, 4.69) is 10.1 Å². The lowest BCUT2D eigenvalue weighted by molar-refractivity contribution is -0.274. The van der Waals surface area contributed by atoms with Crippen molar-refractivity contribution in [1.29, 1.82) is 0 Å². The maximum Gasteiger partial charge on any atom is 0.573 e. The molecule has 2 aromatic rings. The van der Waals surface area contributed by atoms with Crippen LogP contribution >= 0.6 is 0 Å². The highest BCUT2D eigenvalue weighted by Gasteiger charge is 2.32. The first-order valence-electron chi connectivity index (χ1n) is 8.41.